The first-order valence-electron chi connectivity index (χ1n) is 5.00. The number of halogens is 4. The van der Waals surface area contributed by atoms with Crippen LogP contribution in [0.2, 0.25) is 0 Å². The molecule has 0 rings (SSSR count). The summed E-state index contributed by atoms with van der Waals surface area (Å²) in [6.45, 7) is -1.28. The molecule has 122 valence electrons. The van der Waals surface area contributed by atoms with Crippen LogP contribution in [0.5, 0.6) is 0 Å². The monoisotopic (exact) mass is 338 g/mol. The van der Waals surface area contributed by atoms with Gasteiger partial charge in [0.25, 0.3) is 0 Å². The molecule has 0 fully saturated rings. The molecule has 1 N–H and O–H groups in total. The predicted molar refractivity (Wildman–Crippen MR) is 58.2 cm³/mol. The Labute approximate surface area is 116 Å². The minimum atomic E-state index is -6.33. The summed E-state index contributed by atoms with van der Waals surface area (Å²) in [5.74, 6) is -7.42. The minimum Gasteiger partial charge on any atom is -0.466 e. The number of methoxy groups -OCH3 is 1. The van der Waals surface area contributed by atoms with E-state index in [-0.39, 0.29) is 0 Å². The Kier molecular flexibility index (Phi) is 6.29. The lowest BCUT2D eigenvalue weighted by atomic mass is 10.2. The van der Waals surface area contributed by atoms with Crippen LogP contribution in [-0.2, 0) is 29.2 Å². The highest BCUT2D eigenvalue weighted by molar-refractivity contribution is 7.87. The number of carbonyl (C=O) groups is 2. The van der Waals surface area contributed by atoms with Crippen LogP contribution in [-0.4, -0.2) is 49.8 Å². The minimum absolute atomic E-state index is 0.491. The van der Waals surface area contributed by atoms with Gasteiger partial charge in [-0.1, -0.05) is 0 Å². The molecule has 0 bridgehead atoms. The average molecular weight is 338 g/mol. The summed E-state index contributed by atoms with van der Waals surface area (Å²) < 4.78 is 87.9. The van der Waals surface area contributed by atoms with Crippen LogP contribution in [0.15, 0.2) is 12.2 Å². The van der Waals surface area contributed by atoms with Crippen molar-refractivity contribution in [1.82, 2.24) is 0 Å². The summed E-state index contributed by atoms with van der Waals surface area (Å²) in [5, 5.41) is -5.73. The van der Waals surface area contributed by atoms with Crippen molar-refractivity contribution >= 4 is 22.1 Å². The highest BCUT2D eigenvalue weighted by Crippen LogP contribution is 2.40. The smallest absolute Gasteiger partial charge is 0.431 e. The van der Waals surface area contributed by atoms with Crippen LogP contribution in [0, 0.1) is 0 Å². The van der Waals surface area contributed by atoms with E-state index in [2.05, 4.69) is 9.47 Å². The molecule has 0 aliphatic carbocycles. The van der Waals surface area contributed by atoms with E-state index in [0.717, 1.165) is 7.11 Å². The number of hydrogen-bond acceptors (Lipinski definition) is 6. The maximum Gasteiger partial charge on any atom is 0.431 e. The lowest BCUT2D eigenvalue weighted by Crippen LogP contribution is -2.47. The highest BCUT2D eigenvalue weighted by atomic mass is 32.2. The highest BCUT2D eigenvalue weighted by Gasteiger charge is 2.65. The standard InChI is InChI=1S/C9H10F4O7S/c1-19-6(14)2-3-7(15)20-5-4-8(10,11)9(12,13)21(16,17)18/h2-3H,4-5H2,1H3,(H,16,17,18)/b3-2-. The summed E-state index contributed by atoms with van der Waals surface area (Å²) in [5.41, 5.74) is 0. The average Bonchev–Trinajstić information content (AvgIpc) is 2.34. The SMILES string of the molecule is COC(=O)/C=C\C(=O)OCCC(F)(F)C(F)(F)S(=O)(=O)O. The first-order valence-corrected chi connectivity index (χ1v) is 6.44. The summed E-state index contributed by atoms with van der Waals surface area (Å²) in [6.07, 6.45) is -0.782. The number of hydrogen-bond donors (Lipinski definition) is 1. The summed E-state index contributed by atoms with van der Waals surface area (Å²) in [4.78, 5) is 21.4. The first kappa shape index (κ1) is 19.3. The van der Waals surface area contributed by atoms with Crippen LogP contribution < -0.4 is 0 Å². The molecule has 0 atom stereocenters. The van der Waals surface area contributed by atoms with Crippen molar-refractivity contribution in [3.05, 3.63) is 12.2 Å². The van der Waals surface area contributed by atoms with E-state index in [4.69, 9.17) is 4.55 Å². The van der Waals surface area contributed by atoms with Gasteiger partial charge in [-0.15, -0.1) is 0 Å². The second kappa shape index (κ2) is 6.85. The van der Waals surface area contributed by atoms with Gasteiger partial charge in [0.15, 0.2) is 0 Å². The van der Waals surface area contributed by atoms with Gasteiger partial charge in [-0.25, -0.2) is 9.59 Å². The van der Waals surface area contributed by atoms with Gasteiger partial charge in [0.05, 0.1) is 20.1 Å². The van der Waals surface area contributed by atoms with Crippen LogP contribution in [0.25, 0.3) is 0 Å². The third-order valence-corrected chi connectivity index (χ3v) is 2.91. The largest absolute Gasteiger partial charge is 0.466 e. The van der Waals surface area contributed by atoms with Crippen molar-refractivity contribution in [2.45, 2.75) is 17.6 Å². The molecule has 0 spiro atoms. The molecule has 0 saturated heterocycles. The topological polar surface area (TPSA) is 107 Å². The van der Waals surface area contributed by atoms with Crippen molar-refractivity contribution in [3.63, 3.8) is 0 Å². The maximum absolute atomic E-state index is 12.9. The Morgan fingerprint density at radius 2 is 1.62 bits per heavy atom. The third kappa shape index (κ3) is 5.30. The maximum atomic E-state index is 12.9. The van der Waals surface area contributed by atoms with E-state index in [9.17, 15) is 35.6 Å². The number of esters is 2. The number of rotatable bonds is 7. The second-order valence-corrected chi connectivity index (χ2v) is 4.93. The quantitative estimate of drug-likeness (QED) is 0.316. The molecule has 0 aliphatic heterocycles. The fourth-order valence-electron chi connectivity index (χ4n) is 0.866. The molecule has 0 radical (unpaired) electrons. The molecule has 0 heterocycles. The molecule has 0 unspecified atom stereocenters. The van der Waals surface area contributed by atoms with E-state index in [1.807, 2.05) is 0 Å². The Bertz CT molecular complexity index is 526. The van der Waals surface area contributed by atoms with Crippen LogP contribution in [0.4, 0.5) is 17.6 Å². The molecular weight excluding hydrogens is 328 g/mol. The lowest BCUT2D eigenvalue weighted by Gasteiger charge is -2.23. The van der Waals surface area contributed by atoms with Crippen molar-refractivity contribution in [1.29, 1.82) is 0 Å². The summed E-state index contributed by atoms with van der Waals surface area (Å²) in [7, 11) is -5.34. The van der Waals surface area contributed by atoms with Crippen molar-refractivity contribution < 1.29 is 49.6 Å². The first-order chi connectivity index (χ1) is 9.35. The number of alkyl halides is 4. The number of ether oxygens (including phenoxy) is 2. The van der Waals surface area contributed by atoms with Gasteiger partial charge in [-0.3, -0.25) is 4.55 Å². The fourth-order valence-corrected chi connectivity index (χ4v) is 1.35. The van der Waals surface area contributed by atoms with E-state index in [1.54, 1.807) is 0 Å². The Morgan fingerprint density at radius 1 is 1.14 bits per heavy atom. The van der Waals surface area contributed by atoms with E-state index in [0.29, 0.717) is 12.2 Å². The second-order valence-electron chi connectivity index (χ2n) is 3.47. The Hall–Kier alpha value is -1.69. The van der Waals surface area contributed by atoms with Crippen LogP contribution in [0.1, 0.15) is 6.42 Å². The van der Waals surface area contributed by atoms with Crippen LogP contribution >= 0.6 is 0 Å². The zero-order chi connectivity index (χ0) is 16.9. The summed E-state index contributed by atoms with van der Waals surface area (Å²) >= 11 is 0. The zero-order valence-corrected chi connectivity index (χ0v) is 11.2. The molecule has 0 aliphatic rings. The molecule has 0 aromatic heterocycles. The van der Waals surface area contributed by atoms with Gasteiger partial charge in [0.1, 0.15) is 0 Å². The van der Waals surface area contributed by atoms with Gasteiger partial charge in [0.2, 0.25) is 0 Å². The summed E-state index contributed by atoms with van der Waals surface area (Å²) in [6, 6.07) is 0. The van der Waals surface area contributed by atoms with Gasteiger partial charge < -0.3 is 9.47 Å². The van der Waals surface area contributed by atoms with E-state index >= 15 is 0 Å². The molecule has 0 aromatic rings. The Morgan fingerprint density at radius 3 is 2.05 bits per heavy atom. The third-order valence-electron chi connectivity index (χ3n) is 1.97. The van der Waals surface area contributed by atoms with E-state index in [1.165, 1.54) is 0 Å². The Balaban J connectivity index is 4.57. The van der Waals surface area contributed by atoms with Crippen molar-refractivity contribution in [2.75, 3.05) is 13.7 Å². The van der Waals surface area contributed by atoms with Crippen molar-refractivity contribution in [3.8, 4) is 0 Å². The molecule has 21 heavy (non-hydrogen) atoms. The molecule has 0 aromatic carbocycles. The number of carbonyl (C=O) groups excluding carboxylic acids is 2. The van der Waals surface area contributed by atoms with Gasteiger partial charge in [-0.2, -0.15) is 26.0 Å². The van der Waals surface area contributed by atoms with Crippen LogP contribution in [0.3, 0.4) is 0 Å². The molecule has 7 nitrogen and oxygen atoms in total. The normalized spacial score (nSPS) is 13.2. The van der Waals surface area contributed by atoms with Gasteiger partial charge in [-0.05, 0) is 0 Å². The lowest BCUT2D eigenvalue weighted by molar-refractivity contribution is -0.173. The zero-order valence-electron chi connectivity index (χ0n) is 10.4. The molecule has 12 heteroatoms. The molecule has 0 amide bonds. The van der Waals surface area contributed by atoms with E-state index < -0.39 is 46.3 Å². The van der Waals surface area contributed by atoms with Gasteiger partial charge in [0, 0.05) is 12.2 Å². The van der Waals surface area contributed by atoms with Crippen molar-refractivity contribution in [2.24, 2.45) is 0 Å². The van der Waals surface area contributed by atoms with Gasteiger partial charge >= 0.3 is 33.2 Å². The molecular formula is C9H10F4O7S. The predicted octanol–water partition coefficient (Wildman–Crippen LogP) is 0.765. The molecule has 0 saturated carbocycles. The fraction of sp³-hybridized carbons (Fsp3) is 0.556.